The average Bonchev–Trinajstić information content (AvgIpc) is 2.80. The molecule has 7 heteroatoms. The second-order valence-corrected chi connectivity index (χ2v) is 8.37. The number of hydrogen-bond acceptors (Lipinski definition) is 4. The molecule has 2 amide bonds. The highest BCUT2D eigenvalue weighted by atomic mass is 35.5. The lowest BCUT2D eigenvalue weighted by Crippen LogP contribution is -2.48. The number of unbranched alkanes of at least 4 members (excludes halogenated alkanes) is 1. The summed E-state index contributed by atoms with van der Waals surface area (Å²) in [5.41, 5.74) is 2.12. The van der Waals surface area contributed by atoms with Crippen molar-refractivity contribution in [2.24, 2.45) is 0 Å². The SMILES string of the molecule is CCCCOc1ccc(C(=O)Nc2ccc(N3CCN(C(=O)CCC)CC3)c(Cl)c2)cc1. The van der Waals surface area contributed by atoms with Crippen LogP contribution in [-0.4, -0.2) is 49.5 Å². The lowest BCUT2D eigenvalue weighted by Gasteiger charge is -2.36. The van der Waals surface area contributed by atoms with E-state index in [9.17, 15) is 9.59 Å². The van der Waals surface area contributed by atoms with Crippen LogP contribution in [0.25, 0.3) is 0 Å². The van der Waals surface area contributed by atoms with Crippen LogP contribution in [0.3, 0.4) is 0 Å². The monoisotopic (exact) mass is 457 g/mol. The van der Waals surface area contributed by atoms with Crippen LogP contribution in [0.15, 0.2) is 42.5 Å². The standard InChI is InChI=1S/C25H32ClN3O3/c1-3-5-17-32-21-10-7-19(8-11-21)25(31)27-20-9-12-23(22(26)18-20)28-13-15-29(16-14-28)24(30)6-4-2/h7-12,18H,3-6,13-17H2,1-2H3,(H,27,31). The van der Waals surface area contributed by atoms with Gasteiger partial charge in [0.2, 0.25) is 5.91 Å². The minimum absolute atomic E-state index is 0.197. The number of amides is 2. The maximum atomic E-state index is 12.6. The van der Waals surface area contributed by atoms with Gasteiger partial charge in [0.25, 0.3) is 5.91 Å². The van der Waals surface area contributed by atoms with Crippen LogP contribution in [0.4, 0.5) is 11.4 Å². The Labute approximate surface area is 195 Å². The smallest absolute Gasteiger partial charge is 0.255 e. The number of hydrogen-bond donors (Lipinski definition) is 1. The number of halogens is 1. The van der Waals surface area contributed by atoms with Crippen molar-refractivity contribution in [1.82, 2.24) is 4.90 Å². The summed E-state index contributed by atoms with van der Waals surface area (Å²) in [6.07, 6.45) is 3.56. The van der Waals surface area contributed by atoms with Crippen LogP contribution in [0.2, 0.25) is 5.02 Å². The van der Waals surface area contributed by atoms with Crippen molar-refractivity contribution in [2.75, 3.05) is 43.0 Å². The van der Waals surface area contributed by atoms with Gasteiger partial charge in [-0.15, -0.1) is 0 Å². The van der Waals surface area contributed by atoms with Gasteiger partial charge in [-0.1, -0.05) is 31.9 Å². The highest BCUT2D eigenvalue weighted by molar-refractivity contribution is 6.33. The van der Waals surface area contributed by atoms with E-state index in [4.69, 9.17) is 16.3 Å². The van der Waals surface area contributed by atoms with Gasteiger partial charge in [-0.25, -0.2) is 0 Å². The van der Waals surface area contributed by atoms with Crippen LogP contribution < -0.4 is 15.0 Å². The number of carbonyl (C=O) groups is 2. The number of nitrogens with zero attached hydrogens (tertiary/aromatic N) is 2. The fourth-order valence-corrected chi connectivity index (χ4v) is 3.95. The van der Waals surface area contributed by atoms with E-state index in [0.717, 1.165) is 43.8 Å². The molecular formula is C25H32ClN3O3. The Bertz CT molecular complexity index is 909. The first-order chi connectivity index (χ1) is 15.5. The van der Waals surface area contributed by atoms with E-state index in [1.54, 1.807) is 18.2 Å². The summed E-state index contributed by atoms with van der Waals surface area (Å²) >= 11 is 6.53. The first-order valence-corrected chi connectivity index (χ1v) is 11.8. The first-order valence-electron chi connectivity index (χ1n) is 11.4. The van der Waals surface area contributed by atoms with Gasteiger partial charge in [0.05, 0.1) is 17.3 Å². The summed E-state index contributed by atoms with van der Waals surface area (Å²) in [5, 5.41) is 3.48. The Balaban J connectivity index is 1.56. The zero-order valence-electron chi connectivity index (χ0n) is 18.9. The summed E-state index contributed by atoms with van der Waals surface area (Å²) in [7, 11) is 0. The highest BCUT2D eigenvalue weighted by Gasteiger charge is 2.22. The van der Waals surface area contributed by atoms with Crippen molar-refractivity contribution >= 4 is 34.8 Å². The molecule has 172 valence electrons. The molecule has 1 saturated heterocycles. The largest absolute Gasteiger partial charge is 0.494 e. The molecule has 1 heterocycles. The zero-order chi connectivity index (χ0) is 22.9. The molecule has 6 nitrogen and oxygen atoms in total. The molecule has 0 spiro atoms. The lowest BCUT2D eigenvalue weighted by atomic mass is 10.2. The van der Waals surface area contributed by atoms with E-state index in [1.165, 1.54) is 0 Å². The van der Waals surface area contributed by atoms with Gasteiger partial charge in [-0.05, 0) is 55.3 Å². The van der Waals surface area contributed by atoms with Crippen LogP contribution in [0.5, 0.6) is 5.75 Å². The summed E-state index contributed by atoms with van der Waals surface area (Å²) in [5.74, 6) is 0.785. The molecule has 1 aliphatic rings. The van der Waals surface area contributed by atoms with E-state index in [0.29, 0.717) is 42.4 Å². The van der Waals surface area contributed by atoms with Crippen LogP contribution >= 0.6 is 11.6 Å². The van der Waals surface area contributed by atoms with Crippen molar-refractivity contribution in [3.63, 3.8) is 0 Å². The molecule has 0 unspecified atom stereocenters. The van der Waals surface area contributed by atoms with E-state index in [2.05, 4.69) is 17.1 Å². The van der Waals surface area contributed by atoms with Gasteiger partial charge >= 0.3 is 0 Å². The topological polar surface area (TPSA) is 61.9 Å². The summed E-state index contributed by atoms with van der Waals surface area (Å²) in [6, 6.07) is 12.7. The van der Waals surface area contributed by atoms with Crippen LogP contribution in [0.1, 0.15) is 49.9 Å². The first kappa shape index (κ1) is 23.9. The fraction of sp³-hybridized carbons (Fsp3) is 0.440. The number of benzene rings is 2. The molecule has 0 saturated carbocycles. The Hall–Kier alpha value is -2.73. The van der Waals surface area contributed by atoms with Crippen molar-refractivity contribution in [3.05, 3.63) is 53.1 Å². The normalized spacial score (nSPS) is 13.7. The van der Waals surface area contributed by atoms with Gasteiger partial charge in [-0.2, -0.15) is 0 Å². The zero-order valence-corrected chi connectivity index (χ0v) is 19.7. The number of nitrogens with one attached hydrogen (secondary N) is 1. The molecule has 32 heavy (non-hydrogen) atoms. The summed E-state index contributed by atoms with van der Waals surface area (Å²) in [6.45, 7) is 7.70. The quantitative estimate of drug-likeness (QED) is 0.524. The number of anilines is 2. The van der Waals surface area contributed by atoms with E-state index in [-0.39, 0.29) is 11.8 Å². The third-order valence-corrected chi connectivity index (χ3v) is 5.83. The molecule has 1 aliphatic heterocycles. The van der Waals surface area contributed by atoms with Gasteiger partial charge in [0, 0.05) is 43.9 Å². The molecule has 1 fully saturated rings. The number of piperazine rings is 1. The molecular weight excluding hydrogens is 426 g/mol. The van der Waals surface area contributed by atoms with E-state index in [1.807, 2.05) is 36.1 Å². The van der Waals surface area contributed by atoms with Gasteiger partial charge in [0.15, 0.2) is 0 Å². The predicted octanol–water partition coefficient (Wildman–Crippen LogP) is 5.22. The maximum absolute atomic E-state index is 12.6. The Morgan fingerprint density at radius 2 is 1.72 bits per heavy atom. The minimum Gasteiger partial charge on any atom is -0.494 e. The maximum Gasteiger partial charge on any atom is 0.255 e. The molecule has 0 bridgehead atoms. The third kappa shape index (κ3) is 6.39. The van der Waals surface area contributed by atoms with Crippen molar-refractivity contribution in [2.45, 2.75) is 39.5 Å². The van der Waals surface area contributed by atoms with Gasteiger partial charge in [0.1, 0.15) is 5.75 Å². The van der Waals surface area contributed by atoms with Crippen molar-refractivity contribution in [3.8, 4) is 5.75 Å². The van der Waals surface area contributed by atoms with Crippen LogP contribution in [-0.2, 0) is 4.79 Å². The second-order valence-electron chi connectivity index (χ2n) is 7.96. The minimum atomic E-state index is -0.197. The molecule has 2 aromatic carbocycles. The second kappa shape index (κ2) is 11.8. The number of ether oxygens (including phenoxy) is 1. The van der Waals surface area contributed by atoms with Crippen molar-refractivity contribution in [1.29, 1.82) is 0 Å². The van der Waals surface area contributed by atoms with Gasteiger partial charge in [-0.3, -0.25) is 9.59 Å². The van der Waals surface area contributed by atoms with Crippen molar-refractivity contribution < 1.29 is 14.3 Å². The Morgan fingerprint density at radius 3 is 2.34 bits per heavy atom. The fourth-order valence-electron chi connectivity index (χ4n) is 3.65. The molecule has 3 rings (SSSR count). The number of carbonyl (C=O) groups excluding carboxylic acids is 2. The molecule has 1 N–H and O–H groups in total. The van der Waals surface area contributed by atoms with E-state index < -0.39 is 0 Å². The van der Waals surface area contributed by atoms with E-state index >= 15 is 0 Å². The van der Waals surface area contributed by atoms with Crippen LogP contribution in [0, 0.1) is 0 Å². The predicted molar refractivity (Wildman–Crippen MR) is 130 cm³/mol. The molecule has 2 aromatic rings. The van der Waals surface area contributed by atoms with Gasteiger partial charge < -0.3 is 19.9 Å². The highest BCUT2D eigenvalue weighted by Crippen LogP contribution is 2.30. The molecule has 0 atom stereocenters. The molecule has 0 aromatic heterocycles. The summed E-state index contributed by atoms with van der Waals surface area (Å²) < 4.78 is 5.64. The summed E-state index contributed by atoms with van der Waals surface area (Å²) in [4.78, 5) is 28.8. The lowest BCUT2D eigenvalue weighted by molar-refractivity contribution is -0.131. The molecule has 0 radical (unpaired) electrons. The molecule has 0 aliphatic carbocycles. The Morgan fingerprint density at radius 1 is 1.00 bits per heavy atom. The average molecular weight is 458 g/mol. The third-order valence-electron chi connectivity index (χ3n) is 5.53. The Kier molecular flexibility index (Phi) is 8.80. The number of rotatable bonds is 9.